The number of anilines is 1. The third-order valence-corrected chi connectivity index (χ3v) is 5.68. The van der Waals surface area contributed by atoms with E-state index in [1.165, 1.54) is 4.90 Å². The van der Waals surface area contributed by atoms with E-state index in [0.29, 0.717) is 22.8 Å². The number of nitrogens with zero attached hydrogens (tertiary/aromatic N) is 2. The number of benzene rings is 1. The maximum Gasteiger partial charge on any atom is 0.411 e. The summed E-state index contributed by atoms with van der Waals surface area (Å²) in [6.45, 7) is 0.488. The zero-order chi connectivity index (χ0) is 19.0. The van der Waals surface area contributed by atoms with Crippen molar-refractivity contribution in [3.63, 3.8) is 0 Å². The van der Waals surface area contributed by atoms with Crippen molar-refractivity contribution in [2.75, 3.05) is 11.4 Å². The molecule has 7 heteroatoms. The smallest absolute Gasteiger partial charge is 0.411 e. The maximum atomic E-state index is 12.7. The number of carbonyl (C=O) groups excluding carboxylic acids is 1. The fourth-order valence-corrected chi connectivity index (χ4v) is 3.91. The second kappa shape index (κ2) is 6.85. The Labute approximate surface area is 162 Å². The highest BCUT2D eigenvalue weighted by molar-refractivity contribution is 6.30. The Morgan fingerprint density at radius 2 is 1.85 bits per heavy atom. The number of hydrogen-bond acceptors (Lipinski definition) is 3. The lowest BCUT2D eigenvalue weighted by molar-refractivity contribution is 0.0816. The Morgan fingerprint density at radius 1 is 1.11 bits per heavy atom. The Morgan fingerprint density at radius 3 is 2.48 bits per heavy atom. The van der Waals surface area contributed by atoms with Crippen molar-refractivity contribution in [3.8, 4) is 0 Å². The first-order chi connectivity index (χ1) is 13.0. The van der Waals surface area contributed by atoms with E-state index in [1.807, 2.05) is 12.1 Å². The molecular weight excluding hydrogens is 366 g/mol. The van der Waals surface area contributed by atoms with Gasteiger partial charge in [-0.25, -0.2) is 4.79 Å². The molecule has 0 bridgehead atoms. The standard InChI is InChI=1S/C20H20ClN3O3/c21-14-6-4-13(5-7-14)18(25)23-20(10-2-11-20)17-9-8-16-15(22-17)3-1-12-24(16)19(26)27/h4-9H,1-3,10-12H2,(H,23,25)(H,26,27). The normalized spacial score (nSPS) is 17.6. The summed E-state index contributed by atoms with van der Waals surface area (Å²) in [5, 5.41) is 13.1. The molecule has 1 fully saturated rings. The number of hydrogen-bond donors (Lipinski definition) is 2. The number of amides is 2. The largest absolute Gasteiger partial charge is 0.465 e. The summed E-state index contributed by atoms with van der Waals surface area (Å²) in [5.74, 6) is -0.155. The van der Waals surface area contributed by atoms with Gasteiger partial charge < -0.3 is 10.4 Å². The van der Waals surface area contributed by atoms with Crippen molar-refractivity contribution in [3.05, 3.63) is 58.4 Å². The molecule has 1 saturated carbocycles. The molecule has 1 aromatic heterocycles. The third-order valence-electron chi connectivity index (χ3n) is 5.42. The summed E-state index contributed by atoms with van der Waals surface area (Å²) in [5.41, 5.74) is 2.31. The first kappa shape index (κ1) is 17.8. The minimum atomic E-state index is -0.958. The quantitative estimate of drug-likeness (QED) is 0.837. The summed E-state index contributed by atoms with van der Waals surface area (Å²) in [7, 11) is 0. The lowest BCUT2D eigenvalue weighted by atomic mass is 9.73. The first-order valence-electron chi connectivity index (χ1n) is 9.07. The molecule has 0 radical (unpaired) electrons. The number of fused-ring (bicyclic) bond motifs is 1. The SMILES string of the molecule is O=C(NC1(c2ccc3c(n2)CCCN3C(=O)O)CCC1)c1ccc(Cl)cc1. The fourth-order valence-electron chi connectivity index (χ4n) is 3.78. The van der Waals surface area contributed by atoms with E-state index < -0.39 is 11.6 Å². The molecule has 2 amide bonds. The van der Waals surface area contributed by atoms with Crippen LogP contribution in [0.25, 0.3) is 0 Å². The van der Waals surface area contributed by atoms with Crippen LogP contribution >= 0.6 is 11.6 Å². The van der Waals surface area contributed by atoms with Gasteiger partial charge in [-0.2, -0.15) is 0 Å². The predicted octanol–water partition coefficient (Wildman–Crippen LogP) is 3.97. The van der Waals surface area contributed by atoms with E-state index in [9.17, 15) is 14.7 Å². The Hall–Kier alpha value is -2.60. The van der Waals surface area contributed by atoms with E-state index in [0.717, 1.165) is 43.5 Å². The average Bonchev–Trinajstić information content (AvgIpc) is 2.64. The van der Waals surface area contributed by atoms with Crippen molar-refractivity contribution >= 4 is 29.3 Å². The molecule has 140 valence electrons. The summed E-state index contributed by atoms with van der Waals surface area (Å²) in [4.78, 5) is 30.2. The van der Waals surface area contributed by atoms with Gasteiger partial charge in [-0.05, 0) is 68.5 Å². The Kier molecular flexibility index (Phi) is 4.52. The van der Waals surface area contributed by atoms with Crippen LogP contribution < -0.4 is 10.2 Å². The second-order valence-corrected chi connectivity index (χ2v) is 7.53. The first-order valence-corrected chi connectivity index (χ1v) is 9.45. The Balaban J connectivity index is 1.61. The van der Waals surface area contributed by atoms with E-state index in [-0.39, 0.29) is 5.91 Å². The highest BCUT2D eigenvalue weighted by atomic mass is 35.5. The number of aryl methyl sites for hydroxylation is 1. The third kappa shape index (κ3) is 3.25. The molecule has 27 heavy (non-hydrogen) atoms. The van der Waals surface area contributed by atoms with Gasteiger partial charge in [0.2, 0.25) is 0 Å². The molecule has 2 heterocycles. The van der Waals surface area contributed by atoms with E-state index >= 15 is 0 Å². The van der Waals surface area contributed by atoms with Crippen LogP contribution in [0.5, 0.6) is 0 Å². The van der Waals surface area contributed by atoms with Crippen LogP contribution in [0, 0.1) is 0 Å². The molecule has 0 unspecified atom stereocenters. The van der Waals surface area contributed by atoms with Crippen LogP contribution in [0.4, 0.5) is 10.5 Å². The monoisotopic (exact) mass is 385 g/mol. The lowest BCUT2D eigenvalue weighted by Gasteiger charge is -2.42. The van der Waals surface area contributed by atoms with E-state index in [2.05, 4.69) is 5.32 Å². The zero-order valence-corrected chi connectivity index (χ0v) is 15.5. The van der Waals surface area contributed by atoms with Gasteiger partial charge in [0.1, 0.15) is 0 Å². The van der Waals surface area contributed by atoms with Gasteiger partial charge in [0, 0.05) is 17.1 Å². The van der Waals surface area contributed by atoms with Gasteiger partial charge in [-0.3, -0.25) is 14.7 Å². The molecular formula is C20H20ClN3O3. The summed E-state index contributed by atoms with van der Waals surface area (Å²) in [6, 6.07) is 10.5. The average molecular weight is 386 g/mol. The fraction of sp³-hybridized carbons (Fsp3) is 0.350. The Bertz CT molecular complexity index is 894. The van der Waals surface area contributed by atoms with Crippen LogP contribution in [-0.2, 0) is 12.0 Å². The second-order valence-electron chi connectivity index (χ2n) is 7.10. The zero-order valence-electron chi connectivity index (χ0n) is 14.7. The van der Waals surface area contributed by atoms with E-state index in [1.54, 1.807) is 24.3 Å². The predicted molar refractivity (Wildman–Crippen MR) is 102 cm³/mol. The van der Waals surface area contributed by atoms with Crippen molar-refractivity contribution in [2.24, 2.45) is 0 Å². The summed E-state index contributed by atoms with van der Waals surface area (Å²) in [6.07, 6.45) is 3.19. The number of pyridine rings is 1. The number of nitrogens with one attached hydrogen (secondary N) is 1. The highest BCUT2D eigenvalue weighted by Crippen LogP contribution is 2.42. The molecule has 0 saturated heterocycles. The number of halogens is 1. The number of carboxylic acid groups (broad SMARTS) is 1. The molecule has 1 aliphatic heterocycles. The van der Waals surface area contributed by atoms with Gasteiger partial charge in [0.25, 0.3) is 5.91 Å². The van der Waals surface area contributed by atoms with Crippen LogP contribution in [0.3, 0.4) is 0 Å². The number of carbonyl (C=O) groups is 2. The highest BCUT2D eigenvalue weighted by Gasteiger charge is 2.42. The minimum Gasteiger partial charge on any atom is -0.465 e. The molecule has 2 aromatic rings. The van der Waals surface area contributed by atoms with Gasteiger partial charge in [-0.1, -0.05) is 11.6 Å². The van der Waals surface area contributed by atoms with Crippen molar-refractivity contribution in [1.29, 1.82) is 0 Å². The summed E-state index contributed by atoms with van der Waals surface area (Å²) < 4.78 is 0. The van der Waals surface area contributed by atoms with Crippen LogP contribution in [0.15, 0.2) is 36.4 Å². The number of aromatic nitrogens is 1. The van der Waals surface area contributed by atoms with Gasteiger partial charge in [-0.15, -0.1) is 0 Å². The van der Waals surface area contributed by atoms with Crippen LogP contribution in [0.1, 0.15) is 47.4 Å². The van der Waals surface area contributed by atoms with Crippen molar-refractivity contribution in [2.45, 2.75) is 37.6 Å². The molecule has 6 nitrogen and oxygen atoms in total. The molecule has 2 N–H and O–H groups in total. The van der Waals surface area contributed by atoms with Crippen LogP contribution in [-0.4, -0.2) is 28.6 Å². The molecule has 1 aliphatic carbocycles. The molecule has 4 rings (SSSR count). The number of rotatable bonds is 3. The summed E-state index contributed by atoms with van der Waals surface area (Å²) >= 11 is 5.90. The van der Waals surface area contributed by atoms with Crippen molar-refractivity contribution in [1.82, 2.24) is 10.3 Å². The molecule has 1 aromatic carbocycles. The van der Waals surface area contributed by atoms with Gasteiger partial charge >= 0.3 is 6.09 Å². The van der Waals surface area contributed by atoms with Crippen LogP contribution in [0.2, 0.25) is 5.02 Å². The van der Waals surface area contributed by atoms with Gasteiger partial charge in [0.15, 0.2) is 0 Å². The molecule has 0 spiro atoms. The molecule has 2 aliphatic rings. The molecule has 0 atom stereocenters. The van der Waals surface area contributed by atoms with E-state index in [4.69, 9.17) is 16.6 Å². The maximum absolute atomic E-state index is 12.7. The topological polar surface area (TPSA) is 82.5 Å². The minimum absolute atomic E-state index is 0.155. The van der Waals surface area contributed by atoms with Crippen molar-refractivity contribution < 1.29 is 14.7 Å². The van der Waals surface area contributed by atoms with Gasteiger partial charge in [0.05, 0.1) is 22.6 Å². The lowest BCUT2D eigenvalue weighted by Crippen LogP contribution is -2.51.